The van der Waals surface area contributed by atoms with Crippen LogP contribution in [0, 0.1) is 12.8 Å². The molecule has 1 fully saturated rings. The topological polar surface area (TPSA) is 25.4 Å². The van der Waals surface area contributed by atoms with Gasteiger partial charge in [-0.3, -0.25) is 9.88 Å². The van der Waals surface area contributed by atoms with Crippen molar-refractivity contribution in [2.45, 2.75) is 19.9 Å². The first kappa shape index (κ1) is 12.8. The third kappa shape index (κ3) is 3.42. The molecule has 1 aromatic rings. The average molecular weight is 299 g/mol. The highest BCUT2D eigenvalue weighted by atomic mass is 79.9. The molecule has 2 heterocycles. The number of rotatable bonds is 4. The lowest BCUT2D eigenvalue weighted by molar-refractivity contribution is 0.316. The molecule has 17 heavy (non-hydrogen) atoms. The lowest BCUT2D eigenvalue weighted by Crippen LogP contribution is -2.21. The van der Waals surface area contributed by atoms with Crippen molar-refractivity contribution >= 4 is 15.9 Å². The molecule has 3 nitrogen and oxygen atoms in total. The molecule has 1 aliphatic heterocycles. The highest BCUT2D eigenvalue weighted by Crippen LogP contribution is 2.21. The zero-order chi connectivity index (χ0) is 12.3. The van der Waals surface area contributed by atoms with Gasteiger partial charge in [-0.05, 0) is 25.8 Å². The van der Waals surface area contributed by atoms with Gasteiger partial charge in [0.1, 0.15) is 5.75 Å². The molecule has 0 aliphatic carbocycles. The van der Waals surface area contributed by atoms with E-state index >= 15 is 0 Å². The minimum absolute atomic E-state index is 0.793. The van der Waals surface area contributed by atoms with Crippen LogP contribution >= 0.6 is 15.9 Å². The third-order valence-corrected chi connectivity index (χ3v) is 4.11. The molecule has 0 bridgehead atoms. The van der Waals surface area contributed by atoms with Gasteiger partial charge in [0.25, 0.3) is 0 Å². The van der Waals surface area contributed by atoms with E-state index in [0.29, 0.717) is 0 Å². The molecule has 0 spiro atoms. The number of aromatic nitrogens is 1. The molecule has 1 aliphatic rings. The summed E-state index contributed by atoms with van der Waals surface area (Å²) in [5.41, 5.74) is 2.13. The van der Waals surface area contributed by atoms with E-state index in [2.05, 4.69) is 25.8 Å². The Morgan fingerprint density at radius 3 is 3.00 bits per heavy atom. The zero-order valence-electron chi connectivity index (χ0n) is 10.4. The van der Waals surface area contributed by atoms with Crippen LogP contribution in [-0.2, 0) is 6.54 Å². The Kier molecular flexibility index (Phi) is 4.40. The van der Waals surface area contributed by atoms with Gasteiger partial charge in [0, 0.05) is 36.2 Å². The van der Waals surface area contributed by atoms with Gasteiger partial charge in [-0.2, -0.15) is 0 Å². The number of ether oxygens (including phenoxy) is 1. The predicted molar refractivity (Wildman–Crippen MR) is 72.7 cm³/mol. The van der Waals surface area contributed by atoms with Crippen LogP contribution in [0.25, 0.3) is 0 Å². The first-order valence-electron chi connectivity index (χ1n) is 6.01. The van der Waals surface area contributed by atoms with E-state index in [1.165, 1.54) is 19.5 Å². The average Bonchev–Trinajstić information content (AvgIpc) is 2.76. The van der Waals surface area contributed by atoms with Crippen LogP contribution in [0.15, 0.2) is 12.1 Å². The van der Waals surface area contributed by atoms with Crippen molar-refractivity contribution in [2.24, 2.45) is 5.92 Å². The Morgan fingerprint density at radius 1 is 1.53 bits per heavy atom. The van der Waals surface area contributed by atoms with Gasteiger partial charge in [0.15, 0.2) is 0 Å². The van der Waals surface area contributed by atoms with Crippen molar-refractivity contribution < 1.29 is 4.74 Å². The number of pyridine rings is 1. The Labute approximate surface area is 111 Å². The second kappa shape index (κ2) is 5.83. The van der Waals surface area contributed by atoms with E-state index in [4.69, 9.17) is 4.74 Å². The largest absolute Gasteiger partial charge is 0.497 e. The fourth-order valence-electron chi connectivity index (χ4n) is 2.31. The van der Waals surface area contributed by atoms with Crippen LogP contribution in [0.3, 0.4) is 0 Å². The smallest absolute Gasteiger partial charge is 0.122 e. The van der Waals surface area contributed by atoms with Crippen LogP contribution in [0.4, 0.5) is 0 Å². The van der Waals surface area contributed by atoms with E-state index in [0.717, 1.165) is 34.9 Å². The van der Waals surface area contributed by atoms with Gasteiger partial charge in [0.05, 0.1) is 12.8 Å². The number of aryl methyl sites for hydroxylation is 1. The number of halogens is 1. The second-order valence-electron chi connectivity index (χ2n) is 4.68. The van der Waals surface area contributed by atoms with Crippen LogP contribution in [0.5, 0.6) is 5.75 Å². The molecule has 94 valence electrons. The summed E-state index contributed by atoms with van der Waals surface area (Å²) in [6, 6.07) is 4.00. The molecule has 2 rings (SSSR count). The molecule has 1 unspecified atom stereocenters. The van der Waals surface area contributed by atoms with E-state index in [9.17, 15) is 0 Å². The first-order valence-corrected chi connectivity index (χ1v) is 7.13. The molecule has 0 amide bonds. The maximum Gasteiger partial charge on any atom is 0.122 e. The van der Waals surface area contributed by atoms with Crippen molar-refractivity contribution in [3.63, 3.8) is 0 Å². The summed E-state index contributed by atoms with van der Waals surface area (Å²) in [6.07, 6.45) is 1.29. The molecule has 0 aromatic carbocycles. The zero-order valence-corrected chi connectivity index (χ0v) is 12.0. The number of nitrogens with zero attached hydrogens (tertiary/aromatic N) is 2. The maximum atomic E-state index is 5.28. The van der Waals surface area contributed by atoms with Gasteiger partial charge in [-0.1, -0.05) is 15.9 Å². The van der Waals surface area contributed by atoms with Crippen molar-refractivity contribution in [3.05, 3.63) is 23.5 Å². The van der Waals surface area contributed by atoms with E-state index in [1.807, 2.05) is 19.1 Å². The summed E-state index contributed by atoms with van der Waals surface area (Å²) in [4.78, 5) is 7.03. The van der Waals surface area contributed by atoms with Crippen LogP contribution in [0.2, 0.25) is 0 Å². The molecular weight excluding hydrogens is 280 g/mol. The SMILES string of the molecule is COc1cc(C)nc(CN2CCC(CBr)C2)c1. The van der Waals surface area contributed by atoms with Gasteiger partial charge < -0.3 is 4.74 Å². The van der Waals surface area contributed by atoms with Gasteiger partial charge in [-0.15, -0.1) is 0 Å². The molecule has 1 aromatic heterocycles. The quantitative estimate of drug-likeness (QED) is 0.799. The van der Waals surface area contributed by atoms with Crippen molar-refractivity contribution in [2.75, 3.05) is 25.5 Å². The van der Waals surface area contributed by atoms with E-state index < -0.39 is 0 Å². The fraction of sp³-hybridized carbons (Fsp3) is 0.615. The first-order chi connectivity index (χ1) is 8.21. The molecule has 1 saturated heterocycles. The van der Waals surface area contributed by atoms with E-state index in [-0.39, 0.29) is 0 Å². The van der Waals surface area contributed by atoms with Crippen molar-refractivity contribution in [1.29, 1.82) is 0 Å². The summed E-state index contributed by atoms with van der Waals surface area (Å²) in [6.45, 7) is 5.29. The Balaban J connectivity index is 2.01. The Bertz CT molecular complexity index is 384. The molecule has 4 heteroatoms. The predicted octanol–water partition coefficient (Wildman–Crippen LogP) is 2.62. The summed E-state index contributed by atoms with van der Waals surface area (Å²) in [5.74, 6) is 1.70. The minimum Gasteiger partial charge on any atom is -0.497 e. The fourth-order valence-corrected chi connectivity index (χ4v) is 2.84. The lowest BCUT2D eigenvalue weighted by Gasteiger charge is -2.15. The molecule has 1 atom stereocenters. The number of alkyl halides is 1. The Hall–Kier alpha value is -0.610. The second-order valence-corrected chi connectivity index (χ2v) is 5.33. The summed E-state index contributed by atoms with van der Waals surface area (Å²) in [7, 11) is 1.70. The van der Waals surface area contributed by atoms with Crippen molar-refractivity contribution in [1.82, 2.24) is 9.88 Å². The summed E-state index contributed by atoms with van der Waals surface area (Å²) >= 11 is 3.56. The highest BCUT2D eigenvalue weighted by molar-refractivity contribution is 9.09. The molecule has 0 N–H and O–H groups in total. The number of hydrogen-bond donors (Lipinski definition) is 0. The molecule has 0 saturated carbocycles. The minimum atomic E-state index is 0.793. The molecular formula is C13H19BrN2O. The van der Waals surface area contributed by atoms with Gasteiger partial charge >= 0.3 is 0 Å². The molecule has 0 radical (unpaired) electrons. The van der Waals surface area contributed by atoms with Gasteiger partial charge in [0.2, 0.25) is 0 Å². The Morgan fingerprint density at radius 2 is 2.35 bits per heavy atom. The van der Waals surface area contributed by atoms with Gasteiger partial charge in [-0.25, -0.2) is 0 Å². The van der Waals surface area contributed by atoms with Crippen LogP contribution in [0.1, 0.15) is 17.8 Å². The summed E-state index contributed by atoms with van der Waals surface area (Å²) in [5, 5.41) is 1.11. The van der Waals surface area contributed by atoms with E-state index in [1.54, 1.807) is 7.11 Å². The normalized spacial score (nSPS) is 20.8. The highest BCUT2D eigenvalue weighted by Gasteiger charge is 2.21. The van der Waals surface area contributed by atoms with Crippen LogP contribution in [-0.4, -0.2) is 35.4 Å². The number of hydrogen-bond acceptors (Lipinski definition) is 3. The number of methoxy groups -OCH3 is 1. The van der Waals surface area contributed by atoms with Crippen molar-refractivity contribution in [3.8, 4) is 5.75 Å². The van der Waals surface area contributed by atoms with Crippen LogP contribution < -0.4 is 4.74 Å². The standard InChI is InChI=1S/C13H19BrN2O/c1-10-5-13(17-2)6-12(15-10)9-16-4-3-11(7-14)8-16/h5-6,11H,3-4,7-9H2,1-2H3. The number of likely N-dealkylation sites (tertiary alicyclic amines) is 1. The monoisotopic (exact) mass is 298 g/mol. The summed E-state index contributed by atoms with van der Waals surface area (Å²) < 4.78 is 5.28. The maximum absolute atomic E-state index is 5.28. The third-order valence-electron chi connectivity index (χ3n) is 3.19. The lowest BCUT2D eigenvalue weighted by atomic mass is 10.2.